The van der Waals surface area contributed by atoms with Gasteiger partial charge in [0.15, 0.2) is 0 Å². The third-order valence-electron chi connectivity index (χ3n) is 2.53. The van der Waals surface area contributed by atoms with Gasteiger partial charge in [-0.25, -0.2) is 0 Å². The van der Waals surface area contributed by atoms with Crippen LogP contribution in [0.3, 0.4) is 0 Å². The molecule has 6 heteroatoms. The Morgan fingerprint density at radius 2 is 1.94 bits per heavy atom. The molecule has 1 rings (SSSR count). The Kier molecular flexibility index (Phi) is 4.67. The summed E-state index contributed by atoms with van der Waals surface area (Å²) in [6.45, 7) is 3.82. The summed E-state index contributed by atoms with van der Waals surface area (Å²) in [5.74, 6) is -0.205. The average Bonchev–Trinajstić information content (AvgIpc) is 2.44. The Balaban J connectivity index is 2.47. The molecule has 16 heavy (non-hydrogen) atoms. The van der Waals surface area contributed by atoms with Crippen molar-refractivity contribution in [2.45, 2.75) is 50.7 Å². The number of nitrogens with two attached hydrogens (primary N) is 1. The van der Waals surface area contributed by atoms with Gasteiger partial charge in [0.25, 0.3) is 0 Å². The Labute approximate surface area is 94.8 Å². The van der Waals surface area contributed by atoms with E-state index in [1.165, 1.54) is 0 Å². The van der Waals surface area contributed by atoms with Gasteiger partial charge in [-0.3, -0.25) is 4.79 Å². The van der Waals surface area contributed by atoms with Crippen LogP contribution in [0.5, 0.6) is 0 Å². The van der Waals surface area contributed by atoms with Crippen molar-refractivity contribution in [2.75, 3.05) is 6.54 Å². The van der Waals surface area contributed by atoms with Gasteiger partial charge in [0.1, 0.15) is 12.2 Å². The third kappa shape index (κ3) is 3.15. The highest BCUT2D eigenvalue weighted by Crippen LogP contribution is 2.22. The van der Waals surface area contributed by atoms with E-state index in [1.807, 2.05) is 13.8 Å². The highest BCUT2D eigenvalue weighted by molar-refractivity contribution is 5.76. The zero-order valence-electron chi connectivity index (χ0n) is 9.59. The lowest BCUT2D eigenvalue weighted by Crippen LogP contribution is -2.38. The largest absolute Gasteiger partial charge is 0.388 e. The molecule has 0 spiro atoms. The van der Waals surface area contributed by atoms with Gasteiger partial charge in [0, 0.05) is 12.6 Å². The Morgan fingerprint density at radius 3 is 2.38 bits per heavy atom. The minimum Gasteiger partial charge on any atom is -0.388 e. The topological polar surface area (TPSA) is 105 Å². The fourth-order valence-electron chi connectivity index (χ4n) is 1.75. The van der Waals surface area contributed by atoms with Crippen molar-refractivity contribution >= 4 is 5.91 Å². The summed E-state index contributed by atoms with van der Waals surface area (Å²) < 4.78 is 5.30. The van der Waals surface area contributed by atoms with Crippen molar-refractivity contribution < 1.29 is 19.7 Å². The summed E-state index contributed by atoms with van der Waals surface area (Å²) in [7, 11) is 0. The Morgan fingerprint density at radius 1 is 1.38 bits per heavy atom. The smallest absolute Gasteiger partial charge is 0.222 e. The molecule has 0 bridgehead atoms. The molecule has 1 amide bonds. The van der Waals surface area contributed by atoms with E-state index in [2.05, 4.69) is 5.32 Å². The van der Waals surface area contributed by atoms with Crippen LogP contribution in [-0.2, 0) is 9.53 Å². The monoisotopic (exact) mass is 232 g/mol. The van der Waals surface area contributed by atoms with E-state index in [9.17, 15) is 15.0 Å². The molecule has 0 unspecified atom stereocenters. The Bertz CT molecular complexity index is 247. The number of aliphatic hydroxyl groups excluding tert-OH is 2. The summed E-state index contributed by atoms with van der Waals surface area (Å²) in [6.07, 6.45) is -3.30. The second kappa shape index (κ2) is 5.58. The van der Waals surface area contributed by atoms with E-state index in [0.717, 1.165) is 0 Å². The molecule has 1 aliphatic rings. The number of carbonyl (C=O) groups is 1. The molecule has 1 aliphatic heterocycles. The molecule has 5 N–H and O–H groups in total. The van der Waals surface area contributed by atoms with Crippen LogP contribution >= 0.6 is 0 Å². The van der Waals surface area contributed by atoms with Crippen LogP contribution in [0.4, 0.5) is 0 Å². The first kappa shape index (κ1) is 13.4. The van der Waals surface area contributed by atoms with E-state index >= 15 is 0 Å². The highest BCUT2D eigenvalue weighted by Gasteiger charge is 2.42. The molecule has 1 fully saturated rings. The molecule has 4 atom stereocenters. The SMILES string of the molecule is CC(C)NC(=O)C[C@@H]1O[C@H](CN)[C@@H](O)[C@H]1O. The average molecular weight is 232 g/mol. The highest BCUT2D eigenvalue weighted by atomic mass is 16.5. The molecule has 0 radical (unpaired) electrons. The molecular formula is C10H20N2O4. The molecule has 0 aromatic heterocycles. The van der Waals surface area contributed by atoms with Crippen molar-refractivity contribution in [2.24, 2.45) is 5.73 Å². The van der Waals surface area contributed by atoms with Gasteiger partial charge in [-0.2, -0.15) is 0 Å². The maximum atomic E-state index is 11.4. The number of carbonyl (C=O) groups excluding carboxylic acids is 1. The second-order valence-electron chi connectivity index (χ2n) is 4.36. The van der Waals surface area contributed by atoms with E-state index in [-0.39, 0.29) is 24.9 Å². The van der Waals surface area contributed by atoms with Crippen LogP contribution in [0.15, 0.2) is 0 Å². The van der Waals surface area contributed by atoms with Crippen LogP contribution in [-0.4, -0.2) is 53.1 Å². The summed E-state index contributed by atoms with van der Waals surface area (Å²) in [5, 5.41) is 21.9. The number of aliphatic hydroxyl groups is 2. The number of hydrogen-bond donors (Lipinski definition) is 4. The predicted molar refractivity (Wildman–Crippen MR) is 57.6 cm³/mol. The lowest BCUT2D eigenvalue weighted by Gasteiger charge is -2.15. The number of rotatable bonds is 4. The number of ether oxygens (including phenoxy) is 1. The van der Waals surface area contributed by atoms with E-state index in [0.29, 0.717) is 0 Å². The van der Waals surface area contributed by atoms with Crippen LogP contribution in [0.25, 0.3) is 0 Å². The molecule has 1 heterocycles. The lowest BCUT2D eigenvalue weighted by molar-refractivity contribution is -0.125. The molecule has 1 saturated heterocycles. The van der Waals surface area contributed by atoms with Crippen LogP contribution < -0.4 is 11.1 Å². The molecular weight excluding hydrogens is 212 g/mol. The van der Waals surface area contributed by atoms with Crippen LogP contribution in [0.1, 0.15) is 20.3 Å². The Hall–Kier alpha value is -0.690. The maximum Gasteiger partial charge on any atom is 0.222 e. The van der Waals surface area contributed by atoms with Gasteiger partial charge in [-0.1, -0.05) is 0 Å². The van der Waals surface area contributed by atoms with E-state index in [4.69, 9.17) is 10.5 Å². The molecule has 0 aliphatic carbocycles. The minimum atomic E-state index is -1.05. The zero-order valence-corrected chi connectivity index (χ0v) is 9.59. The van der Waals surface area contributed by atoms with E-state index < -0.39 is 24.4 Å². The summed E-state index contributed by atoms with van der Waals surface area (Å²) in [4.78, 5) is 11.4. The van der Waals surface area contributed by atoms with Gasteiger partial charge in [0.05, 0.1) is 18.6 Å². The first-order valence-electron chi connectivity index (χ1n) is 5.46. The van der Waals surface area contributed by atoms with E-state index in [1.54, 1.807) is 0 Å². The standard InChI is InChI=1S/C10H20N2O4/c1-5(2)12-8(13)3-6-9(14)10(15)7(4-11)16-6/h5-7,9-10,14-15H,3-4,11H2,1-2H3,(H,12,13)/t6-,7+,9-,10+/m0/s1. The van der Waals surface area contributed by atoms with Gasteiger partial charge in [-0.05, 0) is 13.8 Å². The van der Waals surface area contributed by atoms with Gasteiger partial charge in [-0.15, -0.1) is 0 Å². The van der Waals surface area contributed by atoms with Crippen molar-refractivity contribution in [3.63, 3.8) is 0 Å². The second-order valence-corrected chi connectivity index (χ2v) is 4.36. The van der Waals surface area contributed by atoms with Crippen molar-refractivity contribution in [3.8, 4) is 0 Å². The van der Waals surface area contributed by atoms with Gasteiger partial charge in [0.2, 0.25) is 5.91 Å². The first-order chi connectivity index (χ1) is 7.45. The number of hydrogen-bond acceptors (Lipinski definition) is 5. The normalized spacial score (nSPS) is 34.4. The lowest BCUT2D eigenvalue weighted by atomic mass is 10.1. The summed E-state index contributed by atoms with van der Waals surface area (Å²) in [5.41, 5.74) is 5.36. The minimum absolute atomic E-state index is 0.0346. The van der Waals surface area contributed by atoms with Crippen molar-refractivity contribution in [1.82, 2.24) is 5.32 Å². The van der Waals surface area contributed by atoms with Gasteiger partial charge < -0.3 is 26.0 Å². The maximum absolute atomic E-state index is 11.4. The number of amides is 1. The number of nitrogens with one attached hydrogen (secondary N) is 1. The molecule has 0 aromatic rings. The fraction of sp³-hybridized carbons (Fsp3) is 0.900. The van der Waals surface area contributed by atoms with Gasteiger partial charge >= 0.3 is 0 Å². The third-order valence-corrected chi connectivity index (χ3v) is 2.53. The quantitative estimate of drug-likeness (QED) is 0.465. The molecule has 0 aromatic carbocycles. The fourth-order valence-corrected chi connectivity index (χ4v) is 1.75. The molecule has 6 nitrogen and oxygen atoms in total. The predicted octanol–water partition coefficient (Wildman–Crippen LogP) is -1.65. The van der Waals surface area contributed by atoms with Crippen LogP contribution in [0.2, 0.25) is 0 Å². The van der Waals surface area contributed by atoms with Crippen molar-refractivity contribution in [3.05, 3.63) is 0 Å². The summed E-state index contributed by atoms with van der Waals surface area (Å²) >= 11 is 0. The first-order valence-corrected chi connectivity index (χ1v) is 5.46. The zero-order chi connectivity index (χ0) is 12.3. The summed E-state index contributed by atoms with van der Waals surface area (Å²) in [6, 6.07) is 0.0428. The van der Waals surface area contributed by atoms with Crippen molar-refractivity contribution in [1.29, 1.82) is 0 Å². The van der Waals surface area contributed by atoms with Crippen LogP contribution in [0, 0.1) is 0 Å². The molecule has 94 valence electrons. The molecule has 0 saturated carbocycles.